The summed E-state index contributed by atoms with van der Waals surface area (Å²) >= 11 is 0. The number of rotatable bonds is 5. The van der Waals surface area contributed by atoms with Crippen molar-refractivity contribution in [1.82, 2.24) is 0 Å². The van der Waals surface area contributed by atoms with Crippen LogP contribution in [0.2, 0.25) is 0 Å². The number of benzene rings is 2. The average molecular weight is 314 g/mol. The van der Waals surface area contributed by atoms with Crippen LogP contribution in [-0.4, -0.2) is 24.7 Å². The Morgan fingerprint density at radius 2 is 1.50 bits per heavy atom. The minimum Gasteiger partial charge on any atom is -0.504 e. The highest BCUT2D eigenvalue weighted by atomic mass is 19.4. The number of alkyl halides is 3. The predicted molar refractivity (Wildman–Crippen MR) is 72.2 cm³/mol. The van der Waals surface area contributed by atoms with Crippen molar-refractivity contribution in [2.24, 2.45) is 0 Å². The molecule has 1 N–H and O–H groups in total. The summed E-state index contributed by atoms with van der Waals surface area (Å²) < 4.78 is 53.5. The third-order valence-electron chi connectivity index (χ3n) is 2.67. The molecular weight excluding hydrogens is 301 g/mol. The van der Waals surface area contributed by atoms with Gasteiger partial charge in [-0.25, -0.2) is 0 Å². The van der Waals surface area contributed by atoms with E-state index in [-0.39, 0.29) is 11.5 Å². The van der Waals surface area contributed by atoms with E-state index in [1.807, 2.05) is 0 Å². The molecule has 0 aromatic heterocycles. The van der Waals surface area contributed by atoms with E-state index in [4.69, 9.17) is 14.2 Å². The van der Waals surface area contributed by atoms with E-state index in [1.54, 1.807) is 0 Å². The fraction of sp³-hybridized carbons (Fsp3) is 0.200. The Bertz CT molecular complexity index is 611. The summed E-state index contributed by atoms with van der Waals surface area (Å²) in [5.41, 5.74) is 0. The smallest absolute Gasteiger partial charge is 0.464 e. The van der Waals surface area contributed by atoms with Crippen molar-refractivity contribution >= 4 is 0 Å². The molecule has 0 bridgehead atoms. The first-order valence-corrected chi connectivity index (χ1v) is 6.22. The van der Waals surface area contributed by atoms with Gasteiger partial charge in [-0.1, -0.05) is 12.1 Å². The number of phenolic OH excluding ortho intramolecular Hbond substituents is 1. The first-order valence-electron chi connectivity index (χ1n) is 6.22. The molecule has 0 aliphatic rings. The van der Waals surface area contributed by atoms with Crippen molar-refractivity contribution in [2.45, 2.75) is 12.5 Å². The van der Waals surface area contributed by atoms with Crippen molar-refractivity contribution in [1.29, 1.82) is 0 Å². The number of methoxy groups -OCH3 is 1. The van der Waals surface area contributed by atoms with Gasteiger partial charge in [0.15, 0.2) is 11.5 Å². The summed E-state index contributed by atoms with van der Waals surface area (Å²) in [6.45, 7) is 0. The van der Waals surface area contributed by atoms with Crippen LogP contribution in [0.4, 0.5) is 13.2 Å². The summed E-state index contributed by atoms with van der Waals surface area (Å²) in [5, 5.41) is 9.50. The van der Waals surface area contributed by atoms with Crippen LogP contribution < -0.4 is 14.2 Å². The van der Waals surface area contributed by atoms with Gasteiger partial charge in [-0.15, -0.1) is 0 Å². The first-order chi connectivity index (χ1) is 10.4. The summed E-state index contributed by atoms with van der Waals surface area (Å²) in [4.78, 5) is 0. The molecule has 1 unspecified atom stereocenters. The van der Waals surface area contributed by atoms with Crippen LogP contribution in [-0.2, 0) is 0 Å². The highest BCUT2D eigenvalue weighted by Crippen LogP contribution is 2.32. The van der Waals surface area contributed by atoms with E-state index in [1.165, 1.54) is 55.6 Å². The molecule has 0 fully saturated rings. The van der Waals surface area contributed by atoms with Gasteiger partial charge in [0.05, 0.1) is 7.11 Å². The number of ether oxygens (including phenoxy) is 3. The van der Waals surface area contributed by atoms with Crippen LogP contribution in [0.5, 0.6) is 23.0 Å². The zero-order chi connectivity index (χ0) is 16.2. The third kappa shape index (κ3) is 3.97. The molecule has 0 amide bonds. The number of hydrogen-bond donors (Lipinski definition) is 1. The largest absolute Gasteiger partial charge is 0.504 e. The lowest BCUT2D eigenvalue weighted by Gasteiger charge is -2.23. The van der Waals surface area contributed by atoms with E-state index in [0.29, 0.717) is 5.75 Å². The van der Waals surface area contributed by atoms with E-state index in [2.05, 4.69) is 0 Å². The number of halogens is 3. The Balaban J connectivity index is 2.18. The number of para-hydroxylation sites is 2. The maximum absolute atomic E-state index is 13.0. The SMILES string of the molecule is COc1ccc(OC(Oc2ccccc2O)C(F)(F)F)cc1. The highest BCUT2D eigenvalue weighted by Gasteiger charge is 2.45. The molecule has 0 saturated carbocycles. The van der Waals surface area contributed by atoms with Gasteiger partial charge in [-0.2, -0.15) is 13.2 Å². The molecule has 2 aromatic rings. The molecule has 4 nitrogen and oxygen atoms in total. The Morgan fingerprint density at radius 1 is 0.909 bits per heavy atom. The molecule has 0 aliphatic carbocycles. The van der Waals surface area contributed by atoms with Gasteiger partial charge in [0, 0.05) is 0 Å². The summed E-state index contributed by atoms with van der Waals surface area (Å²) in [6, 6.07) is 10.9. The zero-order valence-corrected chi connectivity index (χ0v) is 11.5. The predicted octanol–water partition coefficient (Wildman–Crippen LogP) is 3.75. The molecule has 0 heterocycles. The number of aromatic hydroxyl groups is 1. The lowest BCUT2D eigenvalue weighted by atomic mass is 10.3. The van der Waals surface area contributed by atoms with Gasteiger partial charge in [0.2, 0.25) is 0 Å². The Morgan fingerprint density at radius 3 is 2.05 bits per heavy atom. The normalized spacial score (nSPS) is 12.5. The maximum atomic E-state index is 13.0. The van der Waals surface area contributed by atoms with Crippen LogP contribution in [0.3, 0.4) is 0 Å². The monoisotopic (exact) mass is 314 g/mol. The van der Waals surface area contributed by atoms with E-state index >= 15 is 0 Å². The van der Waals surface area contributed by atoms with Crippen LogP contribution in [0.15, 0.2) is 48.5 Å². The Labute approximate surface area is 124 Å². The maximum Gasteiger partial charge on any atom is 0.464 e. The molecule has 0 spiro atoms. The molecule has 2 rings (SSSR count). The van der Waals surface area contributed by atoms with Crippen LogP contribution >= 0.6 is 0 Å². The fourth-order valence-electron chi connectivity index (χ4n) is 1.61. The van der Waals surface area contributed by atoms with Gasteiger partial charge in [0.1, 0.15) is 11.5 Å². The standard InChI is InChI=1S/C15H13F3O4/c1-20-10-6-8-11(9-7-10)21-14(15(16,17)18)22-13-5-3-2-4-12(13)19/h2-9,14,19H,1H3. The molecule has 7 heteroatoms. The Kier molecular flexibility index (Phi) is 4.65. The zero-order valence-electron chi connectivity index (χ0n) is 11.5. The lowest BCUT2D eigenvalue weighted by molar-refractivity contribution is -0.254. The van der Waals surface area contributed by atoms with Crippen LogP contribution in [0, 0.1) is 0 Å². The van der Waals surface area contributed by atoms with Crippen molar-refractivity contribution in [2.75, 3.05) is 7.11 Å². The molecule has 22 heavy (non-hydrogen) atoms. The minimum absolute atomic E-state index is 0.0430. The molecule has 0 radical (unpaired) electrons. The fourth-order valence-corrected chi connectivity index (χ4v) is 1.61. The molecule has 0 aliphatic heterocycles. The quantitative estimate of drug-likeness (QED) is 0.854. The molecule has 118 valence electrons. The topological polar surface area (TPSA) is 47.9 Å². The first kappa shape index (κ1) is 15.8. The highest BCUT2D eigenvalue weighted by molar-refractivity contribution is 5.38. The number of hydrogen-bond acceptors (Lipinski definition) is 4. The van der Waals surface area contributed by atoms with Crippen molar-refractivity contribution in [3.05, 3.63) is 48.5 Å². The van der Waals surface area contributed by atoms with Crippen LogP contribution in [0.25, 0.3) is 0 Å². The van der Waals surface area contributed by atoms with Gasteiger partial charge in [-0.3, -0.25) is 0 Å². The molecular formula is C15H13F3O4. The lowest BCUT2D eigenvalue weighted by Crippen LogP contribution is -2.39. The van der Waals surface area contributed by atoms with Gasteiger partial charge < -0.3 is 19.3 Å². The number of phenols is 1. The molecule has 2 aromatic carbocycles. The van der Waals surface area contributed by atoms with Gasteiger partial charge in [0.25, 0.3) is 0 Å². The van der Waals surface area contributed by atoms with Crippen molar-refractivity contribution in [3.8, 4) is 23.0 Å². The van der Waals surface area contributed by atoms with E-state index in [0.717, 1.165) is 0 Å². The second-order valence-corrected chi connectivity index (χ2v) is 4.25. The average Bonchev–Trinajstić information content (AvgIpc) is 2.48. The Hall–Kier alpha value is -2.57. The third-order valence-corrected chi connectivity index (χ3v) is 2.67. The summed E-state index contributed by atoms with van der Waals surface area (Å²) in [5.74, 6) is -0.288. The minimum atomic E-state index is -4.78. The second kappa shape index (κ2) is 6.46. The van der Waals surface area contributed by atoms with E-state index in [9.17, 15) is 18.3 Å². The molecule has 0 saturated heterocycles. The molecule has 1 atom stereocenters. The summed E-state index contributed by atoms with van der Waals surface area (Å²) in [7, 11) is 1.44. The van der Waals surface area contributed by atoms with Crippen LogP contribution in [0.1, 0.15) is 0 Å². The van der Waals surface area contributed by atoms with Gasteiger partial charge in [-0.05, 0) is 36.4 Å². The van der Waals surface area contributed by atoms with Gasteiger partial charge >= 0.3 is 12.5 Å². The van der Waals surface area contributed by atoms with E-state index < -0.39 is 18.2 Å². The second-order valence-electron chi connectivity index (χ2n) is 4.25. The van der Waals surface area contributed by atoms with Crippen molar-refractivity contribution < 1.29 is 32.5 Å². The summed E-state index contributed by atoms with van der Waals surface area (Å²) in [6.07, 6.45) is -7.32. The van der Waals surface area contributed by atoms with Crippen molar-refractivity contribution in [3.63, 3.8) is 0 Å².